The summed E-state index contributed by atoms with van der Waals surface area (Å²) in [5, 5.41) is 9.96. The van der Waals surface area contributed by atoms with E-state index >= 15 is 0 Å². The van der Waals surface area contributed by atoms with Crippen molar-refractivity contribution in [2.45, 2.75) is 0 Å². The highest BCUT2D eigenvalue weighted by Crippen LogP contribution is 2.26. The number of hydrogen-bond donors (Lipinski definition) is 1. The van der Waals surface area contributed by atoms with E-state index in [2.05, 4.69) is 0 Å². The van der Waals surface area contributed by atoms with Crippen LogP contribution < -0.4 is 0 Å². The van der Waals surface area contributed by atoms with Gasteiger partial charge in [0.25, 0.3) is 0 Å². The summed E-state index contributed by atoms with van der Waals surface area (Å²) in [6, 6.07) is 7.87. The summed E-state index contributed by atoms with van der Waals surface area (Å²) in [6.45, 7) is 0. The lowest BCUT2D eigenvalue weighted by Crippen LogP contribution is -1.97. The van der Waals surface area contributed by atoms with Crippen molar-refractivity contribution in [3.05, 3.63) is 54.2 Å². The Kier molecular flexibility index (Phi) is 2.01. The van der Waals surface area contributed by atoms with Crippen LogP contribution in [-0.4, -0.2) is 10.9 Å². The van der Waals surface area contributed by atoms with E-state index in [1.807, 2.05) is 0 Å². The zero-order valence-corrected chi connectivity index (χ0v) is 8.71. The molecular weight excluding hydrogens is 220 g/mol. The Balaban J connectivity index is 2.15. The van der Waals surface area contributed by atoms with Crippen LogP contribution in [0.15, 0.2) is 51.7 Å². The minimum Gasteiger partial charge on any atom is -0.508 e. The van der Waals surface area contributed by atoms with Gasteiger partial charge in [0.1, 0.15) is 17.6 Å². The topological polar surface area (TPSA) is 63.6 Å². The standard InChI is InChI=1S/C13H8O4/c14-8-3-4-9-10(7-17-12(9)6-8)13(15)11-2-1-5-16-11/h1-7,14H. The fourth-order valence-corrected chi connectivity index (χ4v) is 1.73. The van der Waals surface area contributed by atoms with Crippen molar-refractivity contribution in [1.29, 1.82) is 0 Å². The van der Waals surface area contributed by atoms with Crippen LogP contribution in [0.4, 0.5) is 0 Å². The molecule has 1 aromatic carbocycles. The maximum atomic E-state index is 12.1. The lowest BCUT2D eigenvalue weighted by molar-refractivity contribution is 0.101. The Morgan fingerprint density at radius 1 is 1.18 bits per heavy atom. The Hall–Kier alpha value is -2.49. The number of benzene rings is 1. The number of phenols is 1. The van der Waals surface area contributed by atoms with E-state index in [4.69, 9.17) is 8.83 Å². The smallest absolute Gasteiger partial charge is 0.232 e. The van der Waals surface area contributed by atoms with Crippen LogP contribution in [0.2, 0.25) is 0 Å². The number of rotatable bonds is 2. The third-order valence-electron chi connectivity index (χ3n) is 2.55. The second kappa shape index (κ2) is 3.52. The van der Waals surface area contributed by atoms with Crippen molar-refractivity contribution < 1.29 is 18.7 Å². The van der Waals surface area contributed by atoms with E-state index in [9.17, 15) is 9.90 Å². The molecule has 4 nitrogen and oxygen atoms in total. The second-order valence-corrected chi connectivity index (χ2v) is 3.64. The first-order valence-corrected chi connectivity index (χ1v) is 5.04. The average Bonchev–Trinajstić information content (AvgIpc) is 2.96. The third kappa shape index (κ3) is 1.50. The number of phenolic OH excluding ortho intramolecular Hbond substituents is 1. The molecule has 0 saturated carbocycles. The summed E-state index contributed by atoms with van der Waals surface area (Å²) < 4.78 is 10.3. The first kappa shape index (κ1) is 9.72. The molecule has 0 aliphatic heterocycles. The molecule has 0 amide bonds. The van der Waals surface area contributed by atoms with Gasteiger partial charge in [-0.25, -0.2) is 0 Å². The Bertz CT molecular complexity index is 677. The number of carbonyl (C=O) groups is 1. The van der Waals surface area contributed by atoms with Crippen molar-refractivity contribution in [2.24, 2.45) is 0 Å². The summed E-state index contributed by atoms with van der Waals surface area (Å²) in [7, 11) is 0. The summed E-state index contributed by atoms with van der Waals surface area (Å²) >= 11 is 0. The van der Waals surface area contributed by atoms with Gasteiger partial charge in [-0.1, -0.05) is 0 Å². The molecule has 0 spiro atoms. The third-order valence-corrected chi connectivity index (χ3v) is 2.55. The van der Waals surface area contributed by atoms with Crippen molar-refractivity contribution in [3.8, 4) is 5.75 Å². The molecule has 0 saturated heterocycles. The van der Waals surface area contributed by atoms with Crippen LogP contribution in [0.1, 0.15) is 16.1 Å². The Morgan fingerprint density at radius 3 is 2.82 bits per heavy atom. The van der Waals surface area contributed by atoms with Crippen molar-refractivity contribution in [3.63, 3.8) is 0 Å². The fraction of sp³-hybridized carbons (Fsp3) is 0. The normalized spacial score (nSPS) is 10.8. The van der Waals surface area contributed by atoms with Gasteiger partial charge >= 0.3 is 0 Å². The number of furan rings is 2. The zero-order chi connectivity index (χ0) is 11.8. The molecule has 0 unspecified atom stereocenters. The molecule has 0 aliphatic rings. The molecule has 1 N–H and O–H groups in total. The highest BCUT2D eigenvalue weighted by Gasteiger charge is 2.17. The number of carbonyl (C=O) groups excluding carboxylic acids is 1. The van der Waals surface area contributed by atoms with Crippen molar-refractivity contribution >= 4 is 16.8 Å². The van der Waals surface area contributed by atoms with Gasteiger partial charge in [-0.2, -0.15) is 0 Å². The molecule has 0 fully saturated rings. The molecule has 84 valence electrons. The molecule has 2 aromatic heterocycles. The number of hydrogen-bond acceptors (Lipinski definition) is 4. The average molecular weight is 228 g/mol. The highest BCUT2D eigenvalue weighted by atomic mass is 16.3. The maximum absolute atomic E-state index is 12.1. The first-order chi connectivity index (χ1) is 8.25. The van der Waals surface area contributed by atoms with Crippen molar-refractivity contribution in [1.82, 2.24) is 0 Å². The van der Waals surface area contributed by atoms with E-state index in [0.29, 0.717) is 16.5 Å². The molecule has 3 aromatic rings. The van der Waals surface area contributed by atoms with Gasteiger partial charge in [-0.15, -0.1) is 0 Å². The largest absolute Gasteiger partial charge is 0.508 e. The fourth-order valence-electron chi connectivity index (χ4n) is 1.73. The summed E-state index contributed by atoms with van der Waals surface area (Å²) in [5.41, 5.74) is 0.898. The summed E-state index contributed by atoms with van der Waals surface area (Å²) in [5.74, 6) is 0.129. The zero-order valence-electron chi connectivity index (χ0n) is 8.71. The van der Waals surface area contributed by atoms with E-state index in [1.165, 1.54) is 24.7 Å². The van der Waals surface area contributed by atoms with E-state index in [1.54, 1.807) is 18.2 Å². The van der Waals surface area contributed by atoms with Crippen LogP contribution in [0.3, 0.4) is 0 Å². The van der Waals surface area contributed by atoms with Gasteiger partial charge < -0.3 is 13.9 Å². The van der Waals surface area contributed by atoms with Crippen LogP contribution in [0, 0.1) is 0 Å². The lowest BCUT2D eigenvalue weighted by Gasteiger charge is -1.94. The summed E-state index contributed by atoms with van der Waals surface area (Å²) in [4.78, 5) is 12.1. The van der Waals surface area contributed by atoms with E-state index < -0.39 is 0 Å². The maximum Gasteiger partial charge on any atom is 0.232 e. The van der Waals surface area contributed by atoms with Gasteiger partial charge in [0.2, 0.25) is 5.78 Å². The SMILES string of the molecule is O=C(c1ccco1)c1coc2cc(O)ccc12. The molecule has 0 atom stereocenters. The summed E-state index contributed by atoms with van der Waals surface area (Å²) in [6.07, 6.45) is 2.82. The van der Waals surface area contributed by atoms with Gasteiger partial charge in [-0.3, -0.25) is 4.79 Å². The molecular formula is C13H8O4. The minimum atomic E-state index is -0.237. The molecule has 0 aliphatic carbocycles. The molecule has 0 bridgehead atoms. The number of aromatic hydroxyl groups is 1. The van der Waals surface area contributed by atoms with Crippen LogP contribution >= 0.6 is 0 Å². The Labute approximate surface area is 96.1 Å². The molecule has 4 heteroatoms. The van der Waals surface area contributed by atoms with Gasteiger partial charge in [-0.05, 0) is 24.3 Å². The first-order valence-electron chi connectivity index (χ1n) is 5.04. The van der Waals surface area contributed by atoms with Gasteiger partial charge in [0.15, 0.2) is 5.76 Å². The minimum absolute atomic E-state index is 0.101. The van der Waals surface area contributed by atoms with Gasteiger partial charge in [0.05, 0.1) is 11.8 Å². The molecule has 17 heavy (non-hydrogen) atoms. The second-order valence-electron chi connectivity index (χ2n) is 3.64. The monoisotopic (exact) mass is 228 g/mol. The van der Waals surface area contributed by atoms with Crippen LogP contribution in [-0.2, 0) is 0 Å². The van der Waals surface area contributed by atoms with Crippen LogP contribution in [0.5, 0.6) is 5.75 Å². The quantitative estimate of drug-likeness (QED) is 0.685. The predicted molar refractivity (Wildman–Crippen MR) is 60.0 cm³/mol. The predicted octanol–water partition coefficient (Wildman–Crippen LogP) is 2.96. The lowest BCUT2D eigenvalue weighted by atomic mass is 10.1. The van der Waals surface area contributed by atoms with Crippen LogP contribution in [0.25, 0.3) is 11.0 Å². The molecule has 3 rings (SSSR count). The van der Waals surface area contributed by atoms with E-state index in [-0.39, 0.29) is 17.3 Å². The van der Waals surface area contributed by atoms with E-state index in [0.717, 1.165) is 0 Å². The Morgan fingerprint density at radius 2 is 2.06 bits per heavy atom. The molecule has 2 heterocycles. The number of ketones is 1. The van der Waals surface area contributed by atoms with Crippen molar-refractivity contribution in [2.75, 3.05) is 0 Å². The van der Waals surface area contributed by atoms with Gasteiger partial charge in [0, 0.05) is 11.5 Å². The molecule has 0 radical (unpaired) electrons. The highest BCUT2D eigenvalue weighted by molar-refractivity contribution is 6.14. The number of fused-ring (bicyclic) bond motifs is 1.